The van der Waals surface area contributed by atoms with Crippen molar-refractivity contribution in [1.82, 2.24) is 35.1 Å². The zero-order valence-electron chi connectivity index (χ0n) is 33.1. The number of anilines is 1. The lowest BCUT2D eigenvalue weighted by Gasteiger charge is -2.59. The molecule has 1 saturated heterocycles. The summed E-state index contributed by atoms with van der Waals surface area (Å²) in [7, 11) is 1.40. The van der Waals surface area contributed by atoms with Gasteiger partial charge in [-0.1, -0.05) is 6.07 Å². The fourth-order valence-electron chi connectivity index (χ4n) is 10.3. The number of likely N-dealkylation sites (N-methyl/N-ethyl adjacent to an activating group) is 1. The Morgan fingerprint density at radius 2 is 1.68 bits per heavy atom. The molecule has 1 aromatic heterocycles. The van der Waals surface area contributed by atoms with Gasteiger partial charge in [-0.3, -0.25) is 39.0 Å². The van der Waals surface area contributed by atoms with Crippen molar-refractivity contribution in [3.63, 3.8) is 0 Å². The highest BCUT2D eigenvalue weighted by Gasteiger charge is 2.54. The minimum Gasteiger partial charge on any atom is -0.382 e. The molecule has 5 aliphatic rings. The summed E-state index contributed by atoms with van der Waals surface area (Å²) in [5.41, 5.74) is 4.10. The summed E-state index contributed by atoms with van der Waals surface area (Å²) >= 11 is 0. The number of nitrogens with zero attached hydrogens (tertiary/aromatic N) is 5. The smallest absolute Gasteiger partial charge is 0.262 e. The van der Waals surface area contributed by atoms with Crippen molar-refractivity contribution >= 4 is 46.5 Å². The van der Waals surface area contributed by atoms with Crippen LogP contribution in [0.3, 0.4) is 0 Å². The van der Waals surface area contributed by atoms with Crippen molar-refractivity contribution in [2.45, 2.75) is 82.7 Å². The number of nitrogens with one attached hydrogen (secondary N) is 3. The van der Waals surface area contributed by atoms with Crippen LogP contribution < -0.4 is 10.6 Å². The van der Waals surface area contributed by atoms with Gasteiger partial charge in [0, 0.05) is 73.8 Å². The van der Waals surface area contributed by atoms with Gasteiger partial charge in [-0.05, 0) is 85.2 Å². The van der Waals surface area contributed by atoms with E-state index in [-0.39, 0.29) is 59.1 Å². The van der Waals surface area contributed by atoms with Crippen LogP contribution in [0.4, 0.5) is 23.2 Å². The highest BCUT2D eigenvalue weighted by Crippen LogP contribution is 2.50. The average molecular weight is 829 g/mol. The maximum atomic E-state index is 16.1. The predicted molar refractivity (Wildman–Crippen MR) is 210 cm³/mol. The number of benzene rings is 3. The van der Waals surface area contributed by atoms with Crippen LogP contribution in [0.25, 0.3) is 10.9 Å². The van der Waals surface area contributed by atoms with Crippen molar-refractivity contribution in [1.29, 1.82) is 0 Å². The van der Waals surface area contributed by atoms with Gasteiger partial charge in [0.25, 0.3) is 18.2 Å². The van der Waals surface area contributed by atoms with Crippen LogP contribution in [0, 0.1) is 17.0 Å². The Hall–Kier alpha value is -5.68. The summed E-state index contributed by atoms with van der Waals surface area (Å²) in [4.78, 5) is 69.8. The largest absolute Gasteiger partial charge is 0.382 e. The van der Waals surface area contributed by atoms with E-state index in [4.69, 9.17) is 0 Å². The number of likely N-dealkylation sites (tertiary alicyclic amines) is 1. The van der Waals surface area contributed by atoms with Crippen molar-refractivity contribution in [3.05, 3.63) is 93.2 Å². The second-order valence-electron chi connectivity index (χ2n) is 17.0. The summed E-state index contributed by atoms with van der Waals surface area (Å²) < 4.78 is 59.8. The van der Waals surface area contributed by atoms with Gasteiger partial charge in [-0.15, -0.1) is 0 Å². The van der Waals surface area contributed by atoms with Gasteiger partial charge in [0.05, 0.1) is 42.0 Å². The number of imide groups is 1. The number of carbonyl (C=O) groups is 5. The molecule has 0 bridgehead atoms. The molecule has 2 unspecified atom stereocenters. The molecule has 60 heavy (non-hydrogen) atoms. The summed E-state index contributed by atoms with van der Waals surface area (Å²) in [6.07, 6.45) is 1.46. The van der Waals surface area contributed by atoms with E-state index < -0.39 is 60.5 Å². The first kappa shape index (κ1) is 39.8. The van der Waals surface area contributed by atoms with Gasteiger partial charge in [-0.2, -0.15) is 5.10 Å². The van der Waals surface area contributed by atoms with E-state index in [0.29, 0.717) is 57.3 Å². The first-order valence-corrected chi connectivity index (χ1v) is 20.2. The van der Waals surface area contributed by atoms with E-state index in [1.54, 1.807) is 42.3 Å². The van der Waals surface area contributed by atoms with Crippen molar-refractivity contribution in [3.8, 4) is 0 Å². The van der Waals surface area contributed by atoms with E-state index in [1.807, 2.05) is 4.90 Å². The molecule has 13 nitrogen and oxygen atoms in total. The standard InChI is InChI=1S/C43H44F4N8O5/c1-22-8-28-27(5-6-34-31(28)15-49-51-34)39(54(22)18-36(46)47)38-32(44)11-25(12-33(38)45)50-26-13-43(14-26)20-53(21-43)37(57)19-52-16-23-9-29-30(10-24(23)17-52)42(60)55(41(29)59)35(4-3-7-56)40(58)48-2/h5-7,9-12,15,22,26,35-36,39,50H,3-4,8,13-14,16-21H2,1-2H3,(H,48,58)(H,49,51)/t22-,35?,39?/m1/s1. The number of amides is 4. The molecule has 3 aromatic carbocycles. The summed E-state index contributed by atoms with van der Waals surface area (Å²) in [5, 5.41) is 13.5. The molecule has 4 aromatic rings. The van der Waals surface area contributed by atoms with E-state index >= 15 is 8.78 Å². The third kappa shape index (κ3) is 6.71. The van der Waals surface area contributed by atoms with E-state index in [9.17, 15) is 32.8 Å². The number of fused-ring (bicyclic) bond motifs is 5. The SMILES string of the molecule is CNC(=O)C(CCC=O)N1C(=O)c2cc3c(cc2C1=O)CN(CC(=O)N1CC2(CC(Nc4cc(F)c(C5c6ccc7[nH]ncc7c6C[C@@H](C)N5CC(F)F)c(F)c4)C2)C1)C3. The fourth-order valence-corrected chi connectivity index (χ4v) is 10.3. The number of alkyl halides is 2. The lowest BCUT2D eigenvalue weighted by molar-refractivity contribution is -0.151. The first-order chi connectivity index (χ1) is 28.8. The number of rotatable bonds is 12. The van der Waals surface area contributed by atoms with Crippen LogP contribution in [-0.4, -0.2) is 117 Å². The molecule has 5 heterocycles. The third-order valence-electron chi connectivity index (χ3n) is 13.1. The molecule has 3 atom stereocenters. The van der Waals surface area contributed by atoms with Gasteiger partial charge in [0.2, 0.25) is 11.8 Å². The second kappa shape index (κ2) is 15.1. The molecule has 1 aliphatic carbocycles. The molecule has 4 amide bonds. The highest BCUT2D eigenvalue weighted by atomic mass is 19.3. The Bertz CT molecular complexity index is 2380. The van der Waals surface area contributed by atoms with Gasteiger partial charge in [0.15, 0.2) is 0 Å². The number of carbonyl (C=O) groups excluding carboxylic acids is 5. The van der Waals surface area contributed by atoms with Gasteiger partial charge in [-0.25, -0.2) is 17.6 Å². The Morgan fingerprint density at radius 3 is 2.30 bits per heavy atom. The molecule has 9 rings (SSSR count). The van der Waals surface area contributed by atoms with Crippen LogP contribution in [0.5, 0.6) is 0 Å². The molecule has 4 aliphatic heterocycles. The molecular formula is C43H44F4N8O5. The van der Waals surface area contributed by atoms with Crippen molar-refractivity contribution < 1.29 is 41.5 Å². The maximum absolute atomic E-state index is 16.1. The minimum atomic E-state index is -2.70. The molecule has 1 spiro atoms. The monoisotopic (exact) mass is 828 g/mol. The Labute approximate surface area is 342 Å². The van der Waals surface area contributed by atoms with E-state index in [1.165, 1.54) is 24.1 Å². The van der Waals surface area contributed by atoms with Crippen LogP contribution in [0.1, 0.15) is 87.2 Å². The number of hydrogen-bond acceptors (Lipinski definition) is 9. The summed E-state index contributed by atoms with van der Waals surface area (Å²) in [6, 6.07) is 6.65. The molecule has 0 radical (unpaired) electrons. The predicted octanol–water partition coefficient (Wildman–Crippen LogP) is 4.55. The lowest BCUT2D eigenvalue weighted by Crippen LogP contribution is -2.66. The Balaban J connectivity index is 0.804. The van der Waals surface area contributed by atoms with E-state index in [2.05, 4.69) is 20.8 Å². The van der Waals surface area contributed by atoms with Crippen LogP contribution >= 0.6 is 0 Å². The molecule has 2 fully saturated rings. The number of hydrogen-bond donors (Lipinski definition) is 3. The number of H-pyrrole nitrogens is 1. The highest BCUT2D eigenvalue weighted by molar-refractivity contribution is 6.23. The Kier molecular flexibility index (Phi) is 10.0. The van der Waals surface area contributed by atoms with Crippen molar-refractivity contribution in [2.24, 2.45) is 5.41 Å². The normalized spacial score (nSPS) is 21.5. The number of aromatic amines is 1. The molecule has 3 N–H and O–H groups in total. The zero-order valence-corrected chi connectivity index (χ0v) is 33.1. The number of aldehydes is 1. The van der Waals surface area contributed by atoms with E-state index in [0.717, 1.165) is 32.5 Å². The lowest BCUT2D eigenvalue weighted by atomic mass is 9.60. The summed E-state index contributed by atoms with van der Waals surface area (Å²) in [6.45, 7) is 3.22. The van der Waals surface area contributed by atoms with Crippen LogP contribution in [0.2, 0.25) is 0 Å². The average Bonchev–Trinajstić information content (AvgIpc) is 3.88. The van der Waals surface area contributed by atoms with Gasteiger partial charge >= 0.3 is 0 Å². The fraction of sp³-hybridized carbons (Fsp3) is 0.442. The molecule has 17 heteroatoms. The third-order valence-corrected chi connectivity index (χ3v) is 13.1. The Morgan fingerprint density at radius 1 is 1.02 bits per heavy atom. The van der Waals surface area contributed by atoms with Crippen LogP contribution in [0.15, 0.2) is 42.6 Å². The van der Waals surface area contributed by atoms with Gasteiger partial charge < -0.3 is 20.3 Å². The first-order valence-electron chi connectivity index (χ1n) is 20.2. The quantitative estimate of drug-likeness (QED) is 0.106. The molecular weight excluding hydrogens is 785 g/mol. The molecule has 314 valence electrons. The number of halogens is 4. The minimum absolute atomic E-state index is 0.0140. The van der Waals surface area contributed by atoms with Crippen LogP contribution in [-0.2, 0) is 33.9 Å². The van der Waals surface area contributed by atoms with Gasteiger partial charge in [0.1, 0.15) is 24.0 Å². The summed E-state index contributed by atoms with van der Waals surface area (Å²) in [5.74, 6) is -3.40. The second-order valence-corrected chi connectivity index (χ2v) is 17.0. The maximum Gasteiger partial charge on any atom is 0.262 e. The number of aromatic nitrogens is 2. The van der Waals surface area contributed by atoms with Crippen molar-refractivity contribution in [2.75, 3.05) is 38.5 Å². The topological polar surface area (TPSA) is 151 Å². The molecule has 1 saturated carbocycles. The zero-order chi connectivity index (χ0) is 42.2.